The van der Waals surface area contributed by atoms with E-state index in [9.17, 15) is 4.79 Å². The van der Waals surface area contributed by atoms with Gasteiger partial charge in [0.05, 0.1) is 5.92 Å². The third-order valence-corrected chi connectivity index (χ3v) is 5.56. The first-order chi connectivity index (χ1) is 10.1. The molecule has 0 aromatic heterocycles. The van der Waals surface area contributed by atoms with Crippen molar-refractivity contribution in [3.63, 3.8) is 0 Å². The molecule has 0 saturated heterocycles. The molecule has 1 aromatic rings. The minimum absolute atomic E-state index is 0.0918. The van der Waals surface area contributed by atoms with Crippen LogP contribution in [-0.2, 0) is 4.79 Å². The molecular weight excluding hydrogens is 260 g/mol. The predicted octanol–water partition coefficient (Wildman–Crippen LogP) is 2.87. The van der Waals surface area contributed by atoms with Crippen LogP contribution in [0.3, 0.4) is 0 Å². The second-order valence-corrected chi connectivity index (χ2v) is 6.91. The van der Waals surface area contributed by atoms with Crippen molar-refractivity contribution >= 4 is 5.91 Å². The van der Waals surface area contributed by atoms with Crippen molar-refractivity contribution in [3.8, 4) is 0 Å². The highest BCUT2D eigenvalue weighted by atomic mass is 16.1. The summed E-state index contributed by atoms with van der Waals surface area (Å²) in [5.74, 6) is 2.39. The van der Waals surface area contributed by atoms with E-state index in [0.29, 0.717) is 5.92 Å². The standard InChI is InChI=1S/C18H26N2O/c1-12(17(19)14-5-3-2-4-6-14)18(21)20-11-16-10-13-7-8-15(16)9-13/h2-6,12-13,15-17H,7-11,19H2,1H3,(H,20,21). The molecule has 5 unspecified atom stereocenters. The van der Waals surface area contributed by atoms with Gasteiger partial charge in [-0.15, -0.1) is 0 Å². The lowest BCUT2D eigenvalue weighted by Gasteiger charge is -2.24. The average Bonchev–Trinajstić information content (AvgIpc) is 3.14. The van der Waals surface area contributed by atoms with Gasteiger partial charge >= 0.3 is 0 Å². The molecule has 3 heteroatoms. The van der Waals surface area contributed by atoms with Crippen LogP contribution in [0.15, 0.2) is 30.3 Å². The zero-order valence-electron chi connectivity index (χ0n) is 12.8. The molecule has 2 bridgehead atoms. The molecule has 0 radical (unpaired) electrons. The SMILES string of the molecule is CC(C(=O)NCC1CC2CCC1C2)C(N)c1ccccc1. The van der Waals surface area contributed by atoms with Gasteiger partial charge in [0.2, 0.25) is 5.91 Å². The van der Waals surface area contributed by atoms with E-state index < -0.39 is 0 Å². The third kappa shape index (κ3) is 3.13. The fourth-order valence-corrected chi connectivity index (χ4v) is 4.15. The summed E-state index contributed by atoms with van der Waals surface area (Å²) in [6, 6.07) is 9.65. The predicted molar refractivity (Wildman–Crippen MR) is 84.5 cm³/mol. The lowest BCUT2D eigenvalue weighted by molar-refractivity contribution is -0.125. The summed E-state index contributed by atoms with van der Waals surface area (Å²) in [5.41, 5.74) is 7.25. The van der Waals surface area contributed by atoms with Crippen molar-refractivity contribution in [1.29, 1.82) is 0 Å². The highest BCUT2D eigenvalue weighted by Crippen LogP contribution is 2.47. The molecule has 2 aliphatic rings. The van der Waals surface area contributed by atoms with E-state index in [-0.39, 0.29) is 17.9 Å². The summed E-state index contributed by atoms with van der Waals surface area (Å²) < 4.78 is 0. The monoisotopic (exact) mass is 286 g/mol. The molecule has 5 atom stereocenters. The highest BCUT2D eigenvalue weighted by molar-refractivity contribution is 5.79. The van der Waals surface area contributed by atoms with Gasteiger partial charge in [-0.05, 0) is 42.6 Å². The summed E-state index contributed by atoms with van der Waals surface area (Å²) >= 11 is 0. The van der Waals surface area contributed by atoms with E-state index in [1.165, 1.54) is 25.7 Å². The Bertz CT molecular complexity index is 487. The first kappa shape index (κ1) is 14.6. The Morgan fingerprint density at radius 3 is 2.67 bits per heavy atom. The zero-order valence-corrected chi connectivity index (χ0v) is 12.8. The van der Waals surface area contributed by atoms with Crippen LogP contribution in [0.2, 0.25) is 0 Å². The van der Waals surface area contributed by atoms with Crippen molar-refractivity contribution in [1.82, 2.24) is 5.32 Å². The fraction of sp³-hybridized carbons (Fsp3) is 0.611. The summed E-state index contributed by atoms with van der Waals surface area (Å²) in [7, 11) is 0. The number of amides is 1. The van der Waals surface area contributed by atoms with Crippen LogP contribution in [0.4, 0.5) is 0 Å². The van der Waals surface area contributed by atoms with Gasteiger partial charge in [-0.2, -0.15) is 0 Å². The Labute approximate surface area is 127 Å². The van der Waals surface area contributed by atoms with Crippen molar-refractivity contribution in [2.24, 2.45) is 29.4 Å². The number of benzene rings is 1. The fourth-order valence-electron chi connectivity index (χ4n) is 4.15. The van der Waals surface area contributed by atoms with Crippen LogP contribution >= 0.6 is 0 Å². The summed E-state index contributed by atoms with van der Waals surface area (Å²) in [4.78, 5) is 12.3. The molecule has 114 valence electrons. The summed E-state index contributed by atoms with van der Waals surface area (Å²) in [5, 5.41) is 3.14. The van der Waals surface area contributed by atoms with E-state index in [1.54, 1.807) is 0 Å². The van der Waals surface area contributed by atoms with Crippen LogP contribution in [-0.4, -0.2) is 12.5 Å². The molecule has 0 aliphatic heterocycles. The topological polar surface area (TPSA) is 55.1 Å². The number of carbonyl (C=O) groups excluding carboxylic acids is 1. The quantitative estimate of drug-likeness (QED) is 0.874. The Kier molecular flexibility index (Phi) is 4.29. The minimum atomic E-state index is -0.230. The lowest BCUT2D eigenvalue weighted by atomic mass is 9.88. The number of hydrogen-bond donors (Lipinski definition) is 2. The molecule has 2 aliphatic carbocycles. The van der Waals surface area contributed by atoms with E-state index in [2.05, 4.69) is 5.32 Å². The number of rotatable bonds is 5. The van der Waals surface area contributed by atoms with Crippen molar-refractivity contribution in [3.05, 3.63) is 35.9 Å². The number of carbonyl (C=O) groups is 1. The van der Waals surface area contributed by atoms with Gasteiger partial charge in [0.25, 0.3) is 0 Å². The molecule has 2 fully saturated rings. The van der Waals surface area contributed by atoms with Crippen molar-refractivity contribution < 1.29 is 4.79 Å². The third-order valence-electron chi connectivity index (χ3n) is 5.56. The molecule has 3 rings (SSSR count). The average molecular weight is 286 g/mol. The molecule has 1 aromatic carbocycles. The van der Waals surface area contributed by atoms with E-state index in [1.807, 2.05) is 37.3 Å². The number of nitrogens with one attached hydrogen (secondary N) is 1. The molecule has 1 amide bonds. The van der Waals surface area contributed by atoms with Gasteiger partial charge in [0, 0.05) is 12.6 Å². The van der Waals surface area contributed by atoms with Crippen LogP contribution in [0, 0.1) is 23.7 Å². The van der Waals surface area contributed by atoms with E-state index in [4.69, 9.17) is 5.73 Å². The first-order valence-electron chi connectivity index (χ1n) is 8.23. The normalized spacial score (nSPS) is 30.1. The Balaban J connectivity index is 1.50. The van der Waals surface area contributed by atoms with Crippen LogP contribution in [0.25, 0.3) is 0 Å². The maximum atomic E-state index is 12.3. The highest BCUT2D eigenvalue weighted by Gasteiger charge is 2.39. The maximum Gasteiger partial charge on any atom is 0.224 e. The zero-order chi connectivity index (χ0) is 14.8. The molecular formula is C18H26N2O. The van der Waals surface area contributed by atoms with E-state index >= 15 is 0 Å². The first-order valence-corrected chi connectivity index (χ1v) is 8.23. The summed E-state index contributed by atoms with van der Waals surface area (Å²) in [6.07, 6.45) is 5.47. The van der Waals surface area contributed by atoms with Gasteiger partial charge in [-0.1, -0.05) is 43.7 Å². The van der Waals surface area contributed by atoms with Gasteiger partial charge in [-0.3, -0.25) is 4.79 Å². The second kappa shape index (κ2) is 6.18. The molecule has 0 spiro atoms. The molecule has 21 heavy (non-hydrogen) atoms. The van der Waals surface area contributed by atoms with E-state index in [0.717, 1.165) is 23.9 Å². The maximum absolute atomic E-state index is 12.3. The molecule has 2 saturated carbocycles. The number of hydrogen-bond acceptors (Lipinski definition) is 2. The Morgan fingerprint density at radius 1 is 1.29 bits per heavy atom. The van der Waals surface area contributed by atoms with Crippen LogP contribution in [0.5, 0.6) is 0 Å². The molecule has 0 heterocycles. The minimum Gasteiger partial charge on any atom is -0.356 e. The number of nitrogens with two attached hydrogens (primary N) is 1. The van der Waals surface area contributed by atoms with Crippen molar-refractivity contribution in [2.45, 2.75) is 38.6 Å². The van der Waals surface area contributed by atoms with Gasteiger partial charge in [-0.25, -0.2) is 0 Å². The van der Waals surface area contributed by atoms with Gasteiger partial charge < -0.3 is 11.1 Å². The molecule has 3 N–H and O–H groups in total. The largest absolute Gasteiger partial charge is 0.356 e. The number of fused-ring (bicyclic) bond motifs is 2. The Morgan fingerprint density at radius 2 is 2.05 bits per heavy atom. The van der Waals surface area contributed by atoms with Crippen LogP contribution < -0.4 is 11.1 Å². The van der Waals surface area contributed by atoms with Gasteiger partial charge in [0.15, 0.2) is 0 Å². The summed E-state index contributed by atoms with van der Waals surface area (Å²) in [6.45, 7) is 2.76. The smallest absolute Gasteiger partial charge is 0.224 e. The van der Waals surface area contributed by atoms with Crippen LogP contribution in [0.1, 0.15) is 44.2 Å². The lowest BCUT2D eigenvalue weighted by Crippen LogP contribution is -2.38. The molecule has 3 nitrogen and oxygen atoms in total. The van der Waals surface area contributed by atoms with Crippen molar-refractivity contribution in [2.75, 3.05) is 6.54 Å². The van der Waals surface area contributed by atoms with Gasteiger partial charge in [0.1, 0.15) is 0 Å². The Hall–Kier alpha value is -1.35. The second-order valence-electron chi connectivity index (χ2n) is 6.91.